The van der Waals surface area contributed by atoms with E-state index in [1.165, 1.54) is 0 Å². The van der Waals surface area contributed by atoms with Crippen molar-refractivity contribution < 1.29 is 5.11 Å². The lowest BCUT2D eigenvalue weighted by molar-refractivity contribution is 0.264. The van der Waals surface area contributed by atoms with E-state index < -0.39 is 0 Å². The second-order valence-electron chi connectivity index (χ2n) is 3.37. The molecule has 0 spiro atoms. The number of aryl methyl sites for hydroxylation is 1. The van der Waals surface area contributed by atoms with Gasteiger partial charge in [0.1, 0.15) is 6.61 Å². The monoisotopic (exact) mass is 236 g/mol. The van der Waals surface area contributed by atoms with E-state index in [1.54, 1.807) is 10.8 Å². The molecule has 0 aliphatic rings. The van der Waals surface area contributed by atoms with Crippen LogP contribution in [0.25, 0.3) is 0 Å². The van der Waals surface area contributed by atoms with Crippen LogP contribution in [-0.4, -0.2) is 24.9 Å². The summed E-state index contributed by atoms with van der Waals surface area (Å²) in [5.74, 6) is 0.564. The van der Waals surface area contributed by atoms with Crippen molar-refractivity contribution in [3.05, 3.63) is 40.7 Å². The van der Waals surface area contributed by atoms with E-state index in [9.17, 15) is 0 Å². The molecule has 0 aliphatic carbocycles. The van der Waals surface area contributed by atoms with Gasteiger partial charge in [-0.3, -0.25) is 10.1 Å². The van der Waals surface area contributed by atoms with Crippen LogP contribution in [0.15, 0.2) is 24.5 Å². The number of aromatic amines is 1. The molecule has 84 valence electrons. The Balaban J connectivity index is 2.10. The van der Waals surface area contributed by atoms with Gasteiger partial charge < -0.3 is 9.67 Å². The smallest absolute Gasteiger partial charge is 0.195 e. The Morgan fingerprint density at radius 1 is 1.50 bits per heavy atom. The maximum absolute atomic E-state index is 9.07. The zero-order valence-electron chi connectivity index (χ0n) is 8.63. The SMILES string of the molecule is OCc1n[nH]c(=S)n1CCc1cccnc1. The summed E-state index contributed by atoms with van der Waals surface area (Å²) in [7, 11) is 0. The summed E-state index contributed by atoms with van der Waals surface area (Å²) in [6.07, 6.45) is 4.38. The van der Waals surface area contributed by atoms with Gasteiger partial charge in [-0.05, 0) is 30.3 Å². The molecule has 0 fully saturated rings. The summed E-state index contributed by atoms with van der Waals surface area (Å²) in [5, 5.41) is 15.7. The molecule has 0 saturated heterocycles. The maximum atomic E-state index is 9.07. The van der Waals surface area contributed by atoms with Crippen LogP contribution in [0, 0.1) is 4.77 Å². The lowest BCUT2D eigenvalue weighted by Crippen LogP contribution is -2.06. The molecular weight excluding hydrogens is 224 g/mol. The molecule has 6 heteroatoms. The minimum Gasteiger partial charge on any atom is -0.388 e. The predicted octanol–water partition coefficient (Wildman–Crippen LogP) is 1.07. The van der Waals surface area contributed by atoms with Crippen molar-refractivity contribution in [2.45, 2.75) is 19.6 Å². The minimum absolute atomic E-state index is 0.111. The van der Waals surface area contributed by atoms with Gasteiger partial charge in [0.15, 0.2) is 10.6 Å². The van der Waals surface area contributed by atoms with Crippen molar-refractivity contribution >= 4 is 12.2 Å². The number of rotatable bonds is 4. The summed E-state index contributed by atoms with van der Waals surface area (Å²) in [5.41, 5.74) is 1.13. The molecule has 0 saturated carbocycles. The van der Waals surface area contributed by atoms with Crippen LogP contribution < -0.4 is 0 Å². The van der Waals surface area contributed by atoms with E-state index in [1.807, 2.05) is 18.3 Å². The highest BCUT2D eigenvalue weighted by Gasteiger charge is 2.04. The first-order valence-electron chi connectivity index (χ1n) is 4.95. The molecule has 2 aromatic heterocycles. The van der Waals surface area contributed by atoms with Crippen molar-refractivity contribution in [2.75, 3.05) is 0 Å². The van der Waals surface area contributed by atoms with Crippen LogP contribution >= 0.6 is 12.2 Å². The van der Waals surface area contributed by atoms with Crippen molar-refractivity contribution in [2.24, 2.45) is 0 Å². The Morgan fingerprint density at radius 3 is 3.06 bits per heavy atom. The first kappa shape index (κ1) is 11.0. The normalized spacial score (nSPS) is 10.6. The molecule has 2 heterocycles. The number of aliphatic hydroxyl groups is 1. The number of nitrogens with one attached hydrogen (secondary N) is 1. The van der Waals surface area contributed by atoms with Crippen molar-refractivity contribution in [1.82, 2.24) is 19.7 Å². The van der Waals surface area contributed by atoms with Gasteiger partial charge >= 0.3 is 0 Å². The molecule has 0 atom stereocenters. The molecule has 2 N–H and O–H groups in total. The Bertz CT molecular complexity index is 505. The lowest BCUT2D eigenvalue weighted by Gasteiger charge is -2.04. The molecule has 0 amide bonds. The zero-order valence-corrected chi connectivity index (χ0v) is 9.44. The topological polar surface area (TPSA) is 66.7 Å². The van der Waals surface area contributed by atoms with E-state index in [2.05, 4.69) is 15.2 Å². The number of nitrogens with zero attached hydrogens (tertiary/aromatic N) is 3. The highest BCUT2D eigenvalue weighted by atomic mass is 32.1. The highest BCUT2D eigenvalue weighted by molar-refractivity contribution is 7.71. The predicted molar refractivity (Wildman–Crippen MR) is 61.3 cm³/mol. The third kappa shape index (κ3) is 2.34. The third-order valence-electron chi connectivity index (χ3n) is 2.33. The van der Waals surface area contributed by atoms with Gasteiger partial charge in [-0.15, -0.1) is 0 Å². The minimum atomic E-state index is -0.111. The third-order valence-corrected chi connectivity index (χ3v) is 2.64. The van der Waals surface area contributed by atoms with Gasteiger partial charge in [-0.1, -0.05) is 6.07 Å². The lowest BCUT2D eigenvalue weighted by atomic mass is 10.2. The molecule has 0 unspecified atom stereocenters. The van der Waals surface area contributed by atoms with E-state index in [0.717, 1.165) is 12.0 Å². The van der Waals surface area contributed by atoms with Gasteiger partial charge in [0.05, 0.1) is 0 Å². The Morgan fingerprint density at radius 2 is 2.38 bits per heavy atom. The summed E-state index contributed by atoms with van der Waals surface area (Å²) in [6, 6.07) is 3.91. The van der Waals surface area contributed by atoms with Crippen LogP contribution in [0.2, 0.25) is 0 Å². The van der Waals surface area contributed by atoms with Crippen molar-refractivity contribution in [3.8, 4) is 0 Å². The summed E-state index contributed by atoms with van der Waals surface area (Å²) in [6.45, 7) is 0.580. The van der Waals surface area contributed by atoms with Crippen molar-refractivity contribution in [1.29, 1.82) is 0 Å². The Kier molecular flexibility index (Phi) is 3.43. The second-order valence-corrected chi connectivity index (χ2v) is 3.75. The largest absolute Gasteiger partial charge is 0.388 e. The highest BCUT2D eigenvalue weighted by Crippen LogP contribution is 2.03. The summed E-state index contributed by atoms with van der Waals surface area (Å²) in [4.78, 5) is 4.04. The quantitative estimate of drug-likeness (QED) is 0.779. The molecule has 0 aliphatic heterocycles. The van der Waals surface area contributed by atoms with Gasteiger partial charge in [0.2, 0.25) is 0 Å². The average molecular weight is 236 g/mol. The molecular formula is C10H12N4OS. The summed E-state index contributed by atoms with van der Waals surface area (Å²) < 4.78 is 2.33. The molecule has 2 aromatic rings. The average Bonchev–Trinajstić information content (AvgIpc) is 2.69. The fourth-order valence-corrected chi connectivity index (χ4v) is 1.73. The Labute approximate surface area is 97.8 Å². The zero-order chi connectivity index (χ0) is 11.4. The fourth-order valence-electron chi connectivity index (χ4n) is 1.49. The number of aromatic nitrogens is 4. The molecule has 0 radical (unpaired) electrons. The van der Waals surface area contributed by atoms with Crippen LogP contribution in [0.5, 0.6) is 0 Å². The number of hydrogen-bond donors (Lipinski definition) is 2. The standard InChI is InChI=1S/C10H12N4OS/c15-7-9-12-13-10(16)14(9)5-3-8-2-1-4-11-6-8/h1-2,4,6,15H,3,5,7H2,(H,13,16). The Hall–Kier alpha value is -1.53. The summed E-state index contributed by atoms with van der Waals surface area (Å²) >= 11 is 5.07. The van der Waals surface area contributed by atoms with Crippen LogP contribution in [0.3, 0.4) is 0 Å². The van der Waals surface area contributed by atoms with Crippen LogP contribution in [-0.2, 0) is 19.6 Å². The molecule has 5 nitrogen and oxygen atoms in total. The van der Waals surface area contributed by atoms with E-state index in [-0.39, 0.29) is 6.61 Å². The van der Waals surface area contributed by atoms with E-state index in [4.69, 9.17) is 17.3 Å². The van der Waals surface area contributed by atoms with Gasteiger partial charge in [-0.2, -0.15) is 5.10 Å². The molecule has 0 bridgehead atoms. The number of H-pyrrole nitrogens is 1. The number of aliphatic hydroxyl groups excluding tert-OH is 1. The van der Waals surface area contributed by atoms with Gasteiger partial charge in [0, 0.05) is 18.9 Å². The number of hydrogen-bond acceptors (Lipinski definition) is 4. The fraction of sp³-hybridized carbons (Fsp3) is 0.300. The second kappa shape index (κ2) is 5.00. The first-order valence-corrected chi connectivity index (χ1v) is 5.36. The number of pyridine rings is 1. The molecule has 2 rings (SSSR count). The van der Waals surface area contributed by atoms with Gasteiger partial charge in [-0.25, -0.2) is 0 Å². The molecule has 16 heavy (non-hydrogen) atoms. The van der Waals surface area contributed by atoms with E-state index >= 15 is 0 Å². The first-order chi connectivity index (χ1) is 7.81. The van der Waals surface area contributed by atoms with Gasteiger partial charge in [0.25, 0.3) is 0 Å². The van der Waals surface area contributed by atoms with Crippen molar-refractivity contribution in [3.63, 3.8) is 0 Å². The van der Waals surface area contributed by atoms with Crippen LogP contribution in [0.1, 0.15) is 11.4 Å². The maximum Gasteiger partial charge on any atom is 0.195 e. The molecule has 0 aromatic carbocycles. The van der Waals surface area contributed by atoms with Crippen LogP contribution in [0.4, 0.5) is 0 Å². The van der Waals surface area contributed by atoms with E-state index in [0.29, 0.717) is 17.1 Å².